The average molecular weight is 395 g/mol. The monoisotopic (exact) mass is 394 g/mol. The normalized spacial score (nSPS) is 30.2. The van der Waals surface area contributed by atoms with Crippen molar-refractivity contribution in [2.45, 2.75) is 70.1 Å². The molecule has 30 heavy (non-hydrogen) atoms. The van der Waals surface area contributed by atoms with Gasteiger partial charge < -0.3 is 0 Å². The van der Waals surface area contributed by atoms with Gasteiger partial charge in [0.05, 0.1) is 0 Å². The lowest BCUT2D eigenvalue weighted by molar-refractivity contribution is -0.00449. The summed E-state index contributed by atoms with van der Waals surface area (Å²) in [6, 6.07) is 23.4. The van der Waals surface area contributed by atoms with Gasteiger partial charge in [-0.3, -0.25) is 0 Å². The Hall–Kier alpha value is -2.08. The summed E-state index contributed by atoms with van der Waals surface area (Å²) in [7, 11) is 0. The van der Waals surface area contributed by atoms with Crippen LogP contribution in [0.25, 0.3) is 21.9 Å². The highest BCUT2D eigenvalue weighted by Gasteiger charge is 2.52. The summed E-state index contributed by atoms with van der Waals surface area (Å²) >= 11 is 0. The molecule has 4 bridgehead atoms. The van der Waals surface area contributed by atoms with Crippen molar-refractivity contribution in [3.63, 3.8) is 0 Å². The second kappa shape index (κ2) is 6.46. The van der Waals surface area contributed by atoms with Crippen LogP contribution in [0.5, 0.6) is 0 Å². The van der Waals surface area contributed by atoms with E-state index in [1.54, 1.807) is 5.56 Å². The molecule has 0 radical (unpaired) electrons. The molecule has 0 unspecified atom stereocenters. The smallest absolute Gasteiger partial charge is 0.00329 e. The highest BCUT2D eigenvalue weighted by molar-refractivity contribution is 5.99. The fraction of sp³-hybridized carbons (Fsp3) is 0.467. The van der Waals surface area contributed by atoms with Gasteiger partial charge in [0.2, 0.25) is 0 Å². The zero-order valence-electron chi connectivity index (χ0n) is 18.7. The van der Waals surface area contributed by atoms with Gasteiger partial charge >= 0.3 is 0 Å². The van der Waals surface area contributed by atoms with Gasteiger partial charge in [-0.2, -0.15) is 0 Å². The van der Waals surface area contributed by atoms with E-state index in [0.29, 0.717) is 5.41 Å². The van der Waals surface area contributed by atoms with Crippen molar-refractivity contribution < 1.29 is 0 Å². The van der Waals surface area contributed by atoms with Gasteiger partial charge in [-0.1, -0.05) is 81.4 Å². The molecule has 0 aromatic heterocycles. The quantitative estimate of drug-likeness (QED) is 0.410. The SMILES string of the molecule is CC(C)(C)c1cccc(-c2ccc(C34CC5CC(CC(C5)C3)C4)c3ccccc23)c1. The van der Waals surface area contributed by atoms with Crippen molar-refractivity contribution in [3.05, 3.63) is 71.8 Å². The number of fused-ring (bicyclic) bond motifs is 1. The Bertz CT molecular complexity index is 1080. The van der Waals surface area contributed by atoms with Crippen LogP contribution in [-0.2, 0) is 10.8 Å². The third-order valence-electron chi connectivity index (χ3n) is 8.57. The molecule has 0 amide bonds. The van der Waals surface area contributed by atoms with Crippen molar-refractivity contribution in [2.75, 3.05) is 0 Å². The number of benzene rings is 3. The highest BCUT2D eigenvalue weighted by Crippen LogP contribution is 2.61. The van der Waals surface area contributed by atoms with Crippen molar-refractivity contribution in [1.82, 2.24) is 0 Å². The van der Waals surface area contributed by atoms with Crippen LogP contribution in [0.15, 0.2) is 60.7 Å². The minimum absolute atomic E-state index is 0.172. The van der Waals surface area contributed by atoms with E-state index in [1.807, 2.05) is 0 Å². The van der Waals surface area contributed by atoms with Gasteiger partial charge in [-0.15, -0.1) is 0 Å². The van der Waals surface area contributed by atoms with Crippen molar-refractivity contribution in [3.8, 4) is 11.1 Å². The number of hydrogen-bond acceptors (Lipinski definition) is 0. The van der Waals surface area contributed by atoms with E-state index < -0.39 is 0 Å². The zero-order valence-corrected chi connectivity index (χ0v) is 18.7. The molecule has 3 aromatic rings. The second-order valence-corrected chi connectivity index (χ2v) is 11.7. The summed E-state index contributed by atoms with van der Waals surface area (Å²) in [5.41, 5.74) is 6.44. The maximum absolute atomic E-state index is 2.52. The molecule has 0 heterocycles. The first-order valence-electron chi connectivity index (χ1n) is 12.0. The molecule has 4 fully saturated rings. The van der Waals surface area contributed by atoms with Crippen LogP contribution in [0.1, 0.15) is 70.4 Å². The molecule has 0 spiro atoms. The van der Waals surface area contributed by atoms with Crippen LogP contribution in [0.3, 0.4) is 0 Å². The van der Waals surface area contributed by atoms with Gasteiger partial charge in [0.1, 0.15) is 0 Å². The summed E-state index contributed by atoms with van der Waals surface area (Å²) in [6.45, 7) is 6.92. The average Bonchev–Trinajstić information content (AvgIpc) is 2.71. The molecule has 4 saturated carbocycles. The van der Waals surface area contributed by atoms with E-state index in [-0.39, 0.29) is 5.41 Å². The highest BCUT2D eigenvalue weighted by atomic mass is 14.6. The first-order valence-corrected chi connectivity index (χ1v) is 12.0. The summed E-state index contributed by atoms with van der Waals surface area (Å²) in [5, 5.41) is 2.95. The molecule has 4 aliphatic carbocycles. The van der Waals surface area contributed by atoms with Crippen LogP contribution >= 0.6 is 0 Å². The summed E-state index contributed by atoms with van der Waals surface area (Å²) < 4.78 is 0. The zero-order chi connectivity index (χ0) is 20.5. The largest absolute Gasteiger partial charge is 0.0616 e. The third-order valence-corrected chi connectivity index (χ3v) is 8.57. The first-order chi connectivity index (χ1) is 14.4. The maximum atomic E-state index is 2.52. The molecule has 0 aliphatic heterocycles. The molecular weight excluding hydrogens is 360 g/mol. The van der Waals surface area contributed by atoms with Crippen molar-refractivity contribution in [1.29, 1.82) is 0 Å². The van der Waals surface area contributed by atoms with Crippen LogP contribution in [0, 0.1) is 17.8 Å². The molecule has 4 aliphatic rings. The van der Waals surface area contributed by atoms with E-state index in [2.05, 4.69) is 81.4 Å². The molecule has 154 valence electrons. The van der Waals surface area contributed by atoms with Gasteiger partial charge in [0.15, 0.2) is 0 Å². The minimum atomic E-state index is 0.172. The van der Waals surface area contributed by atoms with Crippen molar-refractivity contribution in [2.24, 2.45) is 17.8 Å². The second-order valence-electron chi connectivity index (χ2n) is 11.7. The summed E-state index contributed by atoms with van der Waals surface area (Å²) in [5.74, 6) is 2.95. The Morgan fingerprint density at radius 2 is 1.33 bits per heavy atom. The third kappa shape index (κ3) is 2.87. The van der Waals surface area contributed by atoms with Gasteiger partial charge in [-0.05, 0) is 100 Å². The predicted molar refractivity (Wildman–Crippen MR) is 128 cm³/mol. The number of hydrogen-bond donors (Lipinski definition) is 0. The van der Waals surface area contributed by atoms with E-state index in [9.17, 15) is 0 Å². The Morgan fingerprint density at radius 3 is 1.97 bits per heavy atom. The minimum Gasteiger partial charge on any atom is -0.0616 e. The Labute approximate surface area is 181 Å². The maximum Gasteiger partial charge on any atom is -0.00329 e. The molecule has 0 nitrogen and oxygen atoms in total. The topological polar surface area (TPSA) is 0 Å². The molecule has 0 atom stereocenters. The van der Waals surface area contributed by atoms with Crippen LogP contribution < -0.4 is 0 Å². The Balaban J connectivity index is 1.51. The van der Waals surface area contributed by atoms with E-state index >= 15 is 0 Å². The molecular formula is C30H34. The summed E-state index contributed by atoms with van der Waals surface area (Å²) in [4.78, 5) is 0. The van der Waals surface area contributed by atoms with Gasteiger partial charge in [-0.25, -0.2) is 0 Å². The van der Waals surface area contributed by atoms with Gasteiger partial charge in [0.25, 0.3) is 0 Å². The molecule has 3 aromatic carbocycles. The van der Waals surface area contributed by atoms with E-state index in [1.165, 1.54) is 66.0 Å². The fourth-order valence-corrected chi connectivity index (χ4v) is 7.61. The molecule has 7 rings (SSSR count). The fourth-order valence-electron chi connectivity index (χ4n) is 7.61. The van der Waals surface area contributed by atoms with Crippen LogP contribution in [-0.4, -0.2) is 0 Å². The lowest BCUT2D eigenvalue weighted by Gasteiger charge is -2.57. The van der Waals surface area contributed by atoms with Crippen LogP contribution in [0.4, 0.5) is 0 Å². The van der Waals surface area contributed by atoms with Crippen LogP contribution in [0.2, 0.25) is 0 Å². The summed E-state index contributed by atoms with van der Waals surface area (Å²) in [6.07, 6.45) is 8.82. The number of rotatable bonds is 2. The van der Waals surface area contributed by atoms with Gasteiger partial charge in [0, 0.05) is 0 Å². The predicted octanol–water partition coefficient (Wildman–Crippen LogP) is 8.27. The Morgan fingerprint density at radius 1 is 0.700 bits per heavy atom. The molecule has 0 saturated heterocycles. The first kappa shape index (κ1) is 18.7. The van der Waals surface area contributed by atoms with E-state index in [4.69, 9.17) is 0 Å². The Kier molecular flexibility index (Phi) is 4.02. The molecule has 0 N–H and O–H groups in total. The lowest BCUT2D eigenvalue weighted by Crippen LogP contribution is -2.48. The molecule has 0 heteroatoms. The lowest BCUT2D eigenvalue weighted by atomic mass is 9.47. The van der Waals surface area contributed by atoms with E-state index in [0.717, 1.165) is 17.8 Å². The standard InChI is InChI=1S/C30H34/c1-29(2,3)24-8-6-7-23(16-24)25-11-12-28(27-10-5-4-9-26(25)27)30-17-20-13-21(18-30)15-22(14-20)19-30/h4-12,16,20-22H,13-15,17-19H2,1-3H3. The van der Waals surface area contributed by atoms with Crippen molar-refractivity contribution >= 4 is 10.8 Å².